The van der Waals surface area contributed by atoms with E-state index in [0.29, 0.717) is 5.56 Å². The summed E-state index contributed by atoms with van der Waals surface area (Å²) in [6, 6.07) is 3.60. The standard InChI is InChI=1S/C13H16N2O6S/c1-9-8-11(15(18)19)2-3-12(9)22(20,21)14-6-4-10(5-7-14)13(16)17/h2-3,8,10H,4-7H2,1H3,(H,16,17). The van der Waals surface area contributed by atoms with Crippen molar-refractivity contribution in [2.45, 2.75) is 24.7 Å². The Morgan fingerprint density at radius 1 is 1.36 bits per heavy atom. The van der Waals surface area contributed by atoms with Crippen LogP contribution in [0.5, 0.6) is 0 Å². The zero-order valence-corrected chi connectivity index (χ0v) is 12.7. The zero-order valence-electron chi connectivity index (χ0n) is 11.9. The molecule has 8 nitrogen and oxygen atoms in total. The number of aryl methyl sites for hydroxylation is 1. The van der Waals surface area contributed by atoms with Crippen molar-refractivity contribution in [1.82, 2.24) is 4.31 Å². The third-order valence-electron chi connectivity index (χ3n) is 3.79. The molecule has 9 heteroatoms. The third kappa shape index (κ3) is 3.09. The molecule has 0 atom stereocenters. The van der Waals surface area contributed by atoms with Crippen molar-refractivity contribution in [2.24, 2.45) is 5.92 Å². The van der Waals surface area contributed by atoms with Crippen molar-refractivity contribution in [3.63, 3.8) is 0 Å². The third-order valence-corrected chi connectivity index (χ3v) is 5.85. The second-order valence-corrected chi connectivity index (χ2v) is 7.13. The number of carbonyl (C=O) groups is 1. The number of sulfonamides is 1. The van der Waals surface area contributed by atoms with E-state index in [1.807, 2.05) is 0 Å². The predicted molar refractivity (Wildman–Crippen MR) is 77.0 cm³/mol. The van der Waals surface area contributed by atoms with Crippen LogP contribution in [-0.2, 0) is 14.8 Å². The van der Waals surface area contributed by atoms with Gasteiger partial charge in [0.1, 0.15) is 0 Å². The average molecular weight is 328 g/mol. The summed E-state index contributed by atoms with van der Waals surface area (Å²) in [4.78, 5) is 21.0. The quantitative estimate of drug-likeness (QED) is 0.659. The van der Waals surface area contributed by atoms with E-state index in [4.69, 9.17) is 5.11 Å². The van der Waals surface area contributed by atoms with Crippen molar-refractivity contribution < 1.29 is 23.2 Å². The molecular weight excluding hydrogens is 312 g/mol. The van der Waals surface area contributed by atoms with E-state index in [0.717, 1.165) is 6.07 Å². The van der Waals surface area contributed by atoms with Gasteiger partial charge in [-0.15, -0.1) is 0 Å². The molecule has 0 spiro atoms. The normalized spacial score (nSPS) is 17.3. The lowest BCUT2D eigenvalue weighted by atomic mass is 9.99. The van der Waals surface area contributed by atoms with Gasteiger partial charge in [0.2, 0.25) is 10.0 Å². The van der Waals surface area contributed by atoms with Crippen molar-refractivity contribution in [1.29, 1.82) is 0 Å². The van der Waals surface area contributed by atoms with Crippen molar-refractivity contribution in [2.75, 3.05) is 13.1 Å². The minimum Gasteiger partial charge on any atom is -0.481 e. The molecule has 1 saturated heterocycles. The fourth-order valence-electron chi connectivity index (χ4n) is 2.52. The molecule has 1 N–H and O–H groups in total. The highest BCUT2D eigenvalue weighted by molar-refractivity contribution is 7.89. The van der Waals surface area contributed by atoms with E-state index in [-0.39, 0.29) is 36.5 Å². The van der Waals surface area contributed by atoms with Gasteiger partial charge < -0.3 is 5.11 Å². The highest BCUT2D eigenvalue weighted by Gasteiger charge is 2.33. The number of benzene rings is 1. The zero-order chi connectivity index (χ0) is 16.5. The molecule has 1 aliphatic heterocycles. The van der Waals surface area contributed by atoms with Crippen LogP contribution in [0.3, 0.4) is 0 Å². The number of carboxylic acid groups (broad SMARTS) is 1. The van der Waals surface area contributed by atoms with E-state index in [1.165, 1.54) is 23.4 Å². The fourth-order valence-corrected chi connectivity index (χ4v) is 4.19. The summed E-state index contributed by atoms with van der Waals surface area (Å²) in [7, 11) is -3.77. The Labute approximate surface area is 127 Å². The molecule has 1 heterocycles. The first-order chi connectivity index (χ1) is 10.2. The topological polar surface area (TPSA) is 118 Å². The number of non-ortho nitro benzene ring substituents is 1. The SMILES string of the molecule is Cc1cc([N+](=O)[O-])ccc1S(=O)(=O)N1CCC(C(=O)O)CC1. The van der Waals surface area contributed by atoms with Crippen molar-refractivity contribution in [3.8, 4) is 0 Å². The Kier molecular flexibility index (Phi) is 4.47. The lowest BCUT2D eigenvalue weighted by Crippen LogP contribution is -2.40. The minimum absolute atomic E-state index is 0.0203. The summed E-state index contributed by atoms with van der Waals surface area (Å²) in [6.07, 6.45) is 0.529. The van der Waals surface area contributed by atoms with Gasteiger partial charge in [-0.05, 0) is 31.4 Å². The van der Waals surface area contributed by atoms with Crippen LogP contribution in [0.25, 0.3) is 0 Å². The summed E-state index contributed by atoms with van der Waals surface area (Å²) in [6.45, 7) is 1.77. The maximum absolute atomic E-state index is 12.6. The molecule has 0 radical (unpaired) electrons. The van der Waals surface area contributed by atoms with E-state index in [9.17, 15) is 23.3 Å². The summed E-state index contributed by atoms with van der Waals surface area (Å²) < 4.78 is 26.4. The molecule has 0 aromatic heterocycles. The van der Waals surface area contributed by atoms with Gasteiger partial charge in [-0.3, -0.25) is 14.9 Å². The van der Waals surface area contributed by atoms with Crippen LogP contribution in [-0.4, -0.2) is 41.8 Å². The number of nitro benzene ring substituents is 1. The van der Waals surface area contributed by atoms with Crippen molar-refractivity contribution in [3.05, 3.63) is 33.9 Å². The first-order valence-corrected chi connectivity index (χ1v) is 8.15. The summed E-state index contributed by atoms with van der Waals surface area (Å²) in [5.74, 6) is -1.44. The Hall–Kier alpha value is -2.00. The lowest BCUT2D eigenvalue weighted by Gasteiger charge is -2.29. The number of hydrogen-bond donors (Lipinski definition) is 1. The van der Waals surface area contributed by atoms with E-state index >= 15 is 0 Å². The van der Waals surface area contributed by atoms with Gasteiger partial charge in [0.05, 0.1) is 15.7 Å². The Morgan fingerprint density at radius 2 is 1.95 bits per heavy atom. The summed E-state index contributed by atoms with van der Waals surface area (Å²) in [5.41, 5.74) is 0.135. The monoisotopic (exact) mass is 328 g/mol. The number of carboxylic acids is 1. The second-order valence-electron chi connectivity index (χ2n) is 5.22. The van der Waals surface area contributed by atoms with Crippen LogP contribution >= 0.6 is 0 Å². The molecule has 2 rings (SSSR count). The number of hydrogen-bond acceptors (Lipinski definition) is 5. The van der Waals surface area contributed by atoms with Gasteiger partial charge in [-0.1, -0.05) is 0 Å². The largest absolute Gasteiger partial charge is 0.481 e. The van der Waals surface area contributed by atoms with Gasteiger partial charge in [0, 0.05) is 25.2 Å². The average Bonchev–Trinajstić information content (AvgIpc) is 2.46. The number of nitrogens with zero attached hydrogens (tertiary/aromatic N) is 2. The fraction of sp³-hybridized carbons (Fsp3) is 0.462. The lowest BCUT2D eigenvalue weighted by molar-refractivity contribution is -0.385. The van der Waals surface area contributed by atoms with Crippen LogP contribution in [0.1, 0.15) is 18.4 Å². The molecule has 1 fully saturated rings. The second kappa shape index (κ2) is 6.01. The van der Waals surface area contributed by atoms with Crippen LogP contribution in [0.4, 0.5) is 5.69 Å². The maximum Gasteiger partial charge on any atom is 0.306 e. The Morgan fingerprint density at radius 3 is 2.41 bits per heavy atom. The van der Waals surface area contributed by atoms with Crippen molar-refractivity contribution >= 4 is 21.7 Å². The Bertz CT molecular complexity index is 707. The first-order valence-electron chi connectivity index (χ1n) is 6.71. The van der Waals surface area contributed by atoms with Crippen LogP contribution < -0.4 is 0 Å². The highest BCUT2D eigenvalue weighted by Crippen LogP contribution is 2.27. The van der Waals surface area contributed by atoms with Gasteiger partial charge >= 0.3 is 5.97 Å². The maximum atomic E-state index is 12.6. The van der Waals surface area contributed by atoms with E-state index in [1.54, 1.807) is 0 Å². The molecule has 120 valence electrons. The molecule has 1 aliphatic rings. The van der Waals surface area contributed by atoms with E-state index < -0.39 is 26.8 Å². The molecular formula is C13H16N2O6S. The number of rotatable bonds is 4. The molecule has 1 aromatic carbocycles. The van der Waals surface area contributed by atoms with Gasteiger partial charge in [-0.2, -0.15) is 4.31 Å². The number of piperidine rings is 1. The molecule has 0 unspecified atom stereocenters. The van der Waals surface area contributed by atoms with Crippen LogP contribution in [0.2, 0.25) is 0 Å². The van der Waals surface area contributed by atoms with E-state index in [2.05, 4.69) is 0 Å². The molecule has 0 aliphatic carbocycles. The van der Waals surface area contributed by atoms with Crippen LogP contribution in [0, 0.1) is 23.0 Å². The summed E-state index contributed by atoms with van der Waals surface area (Å²) in [5, 5.41) is 19.6. The smallest absolute Gasteiger partial charge is 0.306 e. The van der Waals surface area contributed by atoms with Gasteiger partial charge in [-0.25, -0.2) is 8.42 Å². The van der Waals surface area contributed by atoms with Gasteiger partial charge in [0.25, 0.3) is 5.69 Å². The first kappa shape index (κ1) is 16.4. The molecule has 0 amide bonds. The van der Waals surface area contributed by atoms with Crippen LogP contribution in [0.15, 0.2) is 23.1 Å². The Balaban J connectivity index is 2.25. The molecule has 0 saturated carbocycles. The molecule has 22 heavy (non-hydrogen) atoms. The number of aliphatic carboxylic acids is 1. The predicted octanol–water partition coefficient (Wildman–Crippen LogP) is 1.39. The highest BCUT2D eigenvalue weighted by atomic mass is 32.2. The number of nitro groups is 1. The molecule has 1 aromatic rings. The summed E-state index contributed by atoms with van der Waals surface area (Å²) >= 11 is 0. The minimum atomic E-state index is -3.77. The molecule has 0 bridgehead atoms. The van der Waals surface area contributed by atoms with Gasteiger partial charge in [0.15, 0.2) is 0 Å².